The lowest BCUT2D eigenvalue weighted by Gasteiger charge is -2.31. The van der Waals surface area contributed by atoms with Gasteiger partial charge in [-0.05, 0) is 48.6 Å². The zero-order valence-corrected chi connectivity index (χ0v) is 19.6. The molecule has 5 rings (SSSR count). The summed E-state index contributed by atoms with van der Waals surface area (Å²) in [5, 5.41) is 2.88. The average Bonchev–Trinajstić information content (AvgIpc) is 3.30. The molecule has 2 amide bonds. The van der Waals surface area contributed by atoms with Crippen LogP contribution < -0.4 is 5.32 Å². The first-order valence-corrected chi connectivity index (χ1v) is 12.2. The predicted octanol–water partition coefficient (Wildman–Crippen LogP) is 4.92. The molecule has 1 saturated carbocycles. The van der Waals surface area contributed by atoms with Crippen LogP contribution in [0.15, 0.2) is 59.1 Å². The van der Waals surface area contributed by atoms with Crippen molar-refractivity contribution in [3.05, 3.63) is 76.1 Å². The predicted molar refractivity (Wildman–Crippen MR) is 126 cm³/mol. The molecule has 1 aliphatic heterocycles. The highest BCUT2D eigenvalue weighted by Crippen LogP contribution is 2.49. The number of ketones is 1. The second-order valence-electron chi connectivity index (χ2n) is 9.92. The van der Waals surface area contributed by atoms with Gasteiger partial charge < -0.3 is 5.32 Å². The maximum Gasteiger partial charge on any atom is 0.266 e. The molecule has 4 aliphatic rings. The number of carbonyl (C=O) groups is 3. The number of amides is 2. The number of rotatable bonds is 7. The van der Waals surface area contributed by atoms with Gasteiger partial charge in [0.05, 0.1) is 28.6 Å². The van der Waals surface area contributed by atoms with E-state index in [4.69, 9.17) is 0 Å². The lowest BCUT2D eigenvalue weighted by molar-refractivity contribution is -0.125. The highest BCUT2D eigenvalue weighted by molar-refractivity contribution is 6.02. The summed E-state index contributed by atoms with van der Waals surface area (Å²) in [7, 11) is 0. The Labute approximate surface area is 199 Å². The molecule has 1 aromatic rings. The second-order valence-corrected chi connectivity index (χ2v) is 9.92. The number of carbonyl (C=O) groups excluding carboxylic acids is 3. The Kier molecular flexibility index (Phi) is 5.86. The number of Topliss-reactive ketones (excluding diaryl/α,β-unsaturated/α-hetero) is 1. The van der Waals surface area contributed by atoms with Crippen LogP contribution in [-0.2, 0) is 9.59 Å². The van der Waals surface area contributed by atoms with Crippen LogP contribution in [0.5, 0.6) is 0 Å². The molecule has 6 heteroatoms. The second kappa shape index (κ2) is 8.84. The summed E-state index contributed by atoms with van der Waals surface area (Å²) in [4.78, 5) is 40.0. The number of benzene rings is 1. The summed E-state index contributed by atoms with van der Waals surface area (Å²) in [6, 6.07) is 4.21. The van der Waals surface area contributed by atoms with Gasteiger partial charge >= 0.3 is 0 Å². The van der Waals surface area contributed by atoms with E-state index in [0.29, 0.717) is 17.6 Å². The molecule has 5 nitrogen and oxygen atoms in total. The lowest BCUT2D eigenvalue weighted by atomic mass is 9.80. The van der Waals surface area contributed by atoms with Gasteiger partial charge in [-0.15, -0.1) is 5.73 Å². The summed E-state index contributed by atoms with van der Waals surface area (Å²) < 4.78 is 15.5. The van der Waals surface area contributed by atoms with Crippen LogP contribution >= 0.6 is 0 Å². The molecule has 0 unspecified atom stereocenters. The third kappa shape index (κ3) is 3.97. The molecular weight excluding hydrogens is 431 g/mol. The summed E-state index contributed by atoms with van der Waals surface area (Å²) in [5.41, 5.74) is 5.48. The Morgan fingerprint density at radius 2 is 1.76 bits per heavy atom. The van der Waals surface area contributed by atoms with Crippen LogP contribution in [0.4, 0.5) is 4.39 Å². The minimum absolute atomic E-state index is 0.00309. The molecule has 0 radical (unpaired) electrons. The Balaban J connectivity index is 1.33. The highest BCUT2D eigenvalue weighted by atomic mass is 19.1. The first-order chi connectivity index (χ1) is 16.4. The summed E-state index contributed by atoms with van der Waals surface area (Å²) in [6.07, 6.45) is 11.2. The number of nitrogens with one attached hydrogen (secondary N) is 1. The fourth-order valence-corrected chi connectivity index (χ4v) is 5.24. The molecule has 3 aliphatic carbocycles. The Morgan fingerprint density at radius 1 is 1.09 bits per heavy atom. The van der Waals surface area contributed by atoms with Gasteiger partial charge in [0.1, 0.15) is 5.82 Å². The van der Waals surface area contributed by atoms with Crippen LogP contribution in [0.2, 0.25) is 0 Å². The fourth-order valence-electron chi connectivity index (χ4n) is 5.24. The molecule has 0 spiro atoms. The number of allylic oxidation sites excluding steroid dienone is 2. The maximum atomic E-state index is 15.5. The molecule has 34 heavy (non-hydrogen) atoms. The van der Waals surface area contributed by atoms with Gasteiger partial charge in [-0.2, -0.15) is 0 Å². The first-order valence-electron chi connectivity index (χ1n) is 12.2. The van der Waals surface area contributed by atoms with Crippen molar-refractivity contribution >= 4 is 17.6 Å². The minimum Gasteiger partial charge on any atom is -0.342 e. The van der Waals surface area contributed by atoms with Crippen molar-refractivity contribution in [2.24, 2.45) is 11.8 Å². The van der Waals surface area contributed by atoms with Gasteiger partial charge in [0.2, 0.25) is 0 Å². The van der Waals surface area contributed by atoms with Crippen molar-refractivity contribution in [3.8, 4) is 0 Å². The SMILES string of the molecule is CC(C)C(=O)[C@H](NC(=O)c1cccc(C2C=C3C(=C2)N3C(=O)C2=C=CC2)c1F)C1CCCCC1. The molecule has 176 valence electrons. The first kappa shape index (κ1) is 22.5. The van der Waals surface area contributed by atoms with E-state index in [1.807, 2.05) is 32.1 Å². The molecular formula is C28H29FN2O3. The van der Waals surface area contributed by atoms with Crippen LogP contribution in [0.25, 0.3) is 0 Å². The minimum atomic E-state index is -0.589. The van der Waals surface area contributed by atoms with Crippen molar-refractivity contribution in [2.45, 2.75) is 64.3 Å². The number of hydrogen-bond acceptors (Lipinski definition) is 3. The van der Waals surface area contributed by atoms with E-state index < -0.39 is 17.8 Å². The third-order valence-electron chi connectivity index (χ3n) is 7.33. The van der Waals surface area contributed by atoms with E-state index in [9.17, 15) is 14.4 Å². The number of nitrogens with zero attached hydrogens (tertiary/aromatic N) is 1. The average molecular weight is 461 g/mol. The maximum absolute atomic E-state index is 15.5. The molecule has 0 aromatic heterocycles. The highest BCUT2D eigenvalue weighted by Gasteiger charge is 2.45. The molecule has 1 aromatic carbocycles. The Morgan fingerprint density at radius 3 is 2.35 bits per heavy atom. The lowest BCUT2D eigenvalue weighted by Crippen LogP contribution is -2.48. The Bertz CT molecular complexity index is 1180. The van der Waals surface area contributed by atoms with E-state index in [2.05, 4.69) is 11.0 Å². The molecule has 1 saturated heterocycles. The summed E-state index contributed by atoms with van der Waals surface area (Å²) >= 11 is 0. The largest absolute Gasteiger partial charge is 0.342 e. The quantitative estimate of drug-likeness (QED) is 0.464. The van der Waals surface area contributed by atoms with Crippen LogP contribution in [-0.4, -0.2) is 28.5 Å². The zero-order valence-electron chi connectivity index (χ0n) is 19.6. The summed E-state index contributed by atoms with van der Waals surface area (Å²) in [6.45, 7) is 3.67. The monoisotopic (exact) mass is 460 g/mol. The van der Waals surface area contributed by atoms with Crippen LogP contribution in [0.1, 0.15) is 74.2 Å². The van der Waals surface area contributed by atoms with Crippen LogP contribution in [0.3, 0.4) is 0 Å². The number of fused-ring (bicyclic) bond motifs is 1. The van der Waals surface area contributed by atoms with E-state index in [1.54, 1.807) is 17.0 Å². The Hall–Kier alpha value is -3.24. The van der Waals surface area contributed by atoms with E-state index in [1.165, 1.54) is 6.07 Å². The van der Waals surface area contributed by atoms with Gasteiger partial charge in [-0.1, -0.05) is 45.2 Å². The van der Waals surface area contributed by atoms with Gasteiger partial charge in [0.15, 0.2) is 5.78 Å². The van der Waals surface area contributed by atoms with Gasteiger partial charge in [0, 0.05) is 18.3 Å². The molecule has 1 atom stereocenters. The van der Waals surface area contributed by atoms with Gasteiger partial charge in [-0.3, -0.25) is 19.3 Å². The molecule has 1 heterocycles. The third-order valence-corrected chi connectivity index (χ3v) is 7.33. The number of halogens is 1. The zero-order chi connectivity index (χ0) is 24.0. The van der Waals surface area contributed by atoms with Crippen molar-refractivity contribution in [3.63, 3.8) is 0 Å². The fraction of sp³-hybridized carbons (Fsp3) is 0.429. The van der Waals surface area contributed by atoms with Gasteiger partial charge in [-0.25, -0.2) is 4.39 Å². The van der Waals surface area contributed by atoms with Crippen molar-refractivity contribution < 1.29 is 18.8 Å². The normalized spacial score (nSPS) is 20.2. The smallest absolute Gasteiger partial charge is 0.266 e. The van der Waals surface area contributed by atoms with E-state index >= 15 is 4.39 Å². The molecule has 0 bridgehead atoms. The van der Waals surface area contributed by atoms with E-state index in [0.717, 1.165) is 43.5 Å². The van der Waals surface area contributed by atoms with Gasteiger partial charge in [0.25, 0.3) is 11.8 Å². The van der Waals surface area contributed by atoms with E-state index in [-0.39, 0.29) is 35.0 Å². The van der Waals surface area contributed by atoms with Crippen molar-refractivity contribution in [2.75, 3.05) is 0 Å². The van der Waals surface area contributed by atoms with Crippen molar-refractivity contribution in [1.82, 2.24) is 10.2 Å². The number of hydrogen-bond donors (Lipinski definition) is 1. The van der Waals surface area contributed by atoms with Crippen molar-refractivity contribution in [1.29, 1.82) is 0 Å². The molecule has 2 fully saturated rings. The van der Waals surface area contributed by atoms with Crippen LogP contribution in [0, 0.1) is 17.7 Å². The molecule has 1 N–H and O–H groups in total. The summed E-state index contributed by atoms with van der Waals surface area (Å²) in [5.74, 6) is -1.64. The topological polar surface area (TPSA) is 66.2 Å². The standard InChI is InChI=1S/C28H29FN2O3/c1-16(2)26(32)25(17-8-4-3-5-9-17)30-27(33)21-13-7-12-20(24(21)29)19-14-22-23(15-19)31(22)28(34)18-10-6-11-18/h6-7,12-17,19,25H,3-5,8-10H2,1-2H3,(H,30,33)/t19?,25-,31?/m1/s1.